The first-order valence-electron chi connectivity index (χ1n) is 6.77. The van der Waals surface area contributed by atoms with Gasteiger partial charge in [-0.1, -0.05) is 0 Å². The Morgan fingerprint density at radius 2 is 2.29 bits per heavy atom. The number of carbonyl (C=O) groups excluding carboxylic acids is 1. The number of hydrogen-bond donors (Lipinski definition) is 1. The third-order valence-electron chi connectivity index (χ3n) is 3.64. The van der Waals surface area contributed by atoms with Gasteiger partial charge in [0, 0.05) is 12.6 Å². The molecule has 2 fully saturated rings. The molecule has 0 aromatic rings. The summed E-state index contributed by atoms with van der Waals surface area (Å²) in [5.74, 6) is 0.0439. The Hall–Kier alpha value is -0.610. The molecule has 4 heteroatoms. The monoisotopic (exact) mass is 241 g/mol. The minimum atomic E-state index is -0.0347. The van der Waals surface area contributed by atoms with Crippen LogP contribution in [0.5, 0.6) is 0 Å². The lowest BCUT2D eigenvalue weighted by Gasteiger charge is -2.28. The van der Waals surface area contributed by atoms with Crippen molar-refractivity contribution < 1.29 is 14.3 Å². The van der Waals surface area contributed by atoms with Crippen LogP contribution < -0.4 is 5.32 Å². The summed E-state index contributed by atoms with van der Waals surface area (Å²) in [7, 11) is 0. The Labute approximate surface area is 103 Å². The molecule has 2 saturated heterocycles. The zero-order valence-electron chi connectivity index (χ0n) is 10.6. The van der Waals surface area contributed by atoms with Crippen molar-refractivity contribution in [3.8, 4) is 0 Å². The first-order chi connectivity index (χ1) is 8.25. The van der Waals surface area contributed by atoms with Gasteiger partial charge in [0.15, 0.2) is 0 Å². The standard InChI is InChI=1S/C13H23NO3/c1-10-8-11(5-6-14-10)13(15)17-9-12-4-2-3-7-16-12/h10-12,14H,2-9H2,1H3. The van der Waals surface area contributed by atoms with Gasteiger partial charge < -0.3 is 14.8 Å². The molecule has 0 bridgehead atoms. The molecule has 2 rings (SSSR count). The van der Waals surface area contributed by atoms with Crippen LogP contribution in [-0.4, -0.2) is 37.9 Å². The average Bonchev–Trinajstić information content (AvgIpc) is 2.37. The Morgan fingerprint density at radius 3 is 3.00 bits per heavy atom. The molecule has 3 unspecified atom stereocenters. The van der Waals surface area contributed by atoms with E-state index in [0.29, 0.717) is 12.6 Å². The summed E-state index contributed by atoms with van der Waals surface area (Å²) in [6.07, 6.45) is 5.27. The molecule has 4 nitrogen and oxygen atoms in total. The number of rotatable bonds is 3. The Balaban J connectivity index is 1.69. The third-order valence-corrected chi connectivity index (χ3v) is 3.64. The molecular formula is C13H23NO3. The summed E-state index contributed by atoms with van der Waals surface area (Å²) in [6.45, 7) is 4.29. The van der Waals surface area contributed by atoms with Gasteiger partial charge in [0.05, 0.1) is 12.0 Å². The van der Waals surface area contributed by atoms with Gasteiger partial charge in [0.2, 0.25) is 0 Å². The van der Waals surface area contributed by atoms with Gasteiger partial charge in [0.1, 0.15) is 6.61 Å². The molecule has 2 heterocycles. The minimum Gasteiger partial charge on any atom is -0.463 e. The summed E-state index contributed by atoms with van der Waals surface area (Å²) in [5.41, 5.74) is 0. The molecule has 98 valence electrons. The Kier molecular flexibility index (Phi) is 4.80. The van der Waals surface area contributed by atoms with Crippen molar-refractivity contribution in [2.45, 2.75) is 51.2 Å². The van der Waals surface area contributed by atoms with Crippen molar-refractivity contribution in [1.29, 1.82) is 0 Å². The van der Waals surface area contributed by atoms with E-state index in [2.05, 4.69) is 12.2 Å². The average molecular weight is 241 g/mol. The molecule has 2 aliphatic heterocycles. The molecule has 2 aliphatic rings. The van der Waals surface area contributed by atoms with Gasteiger partial charge >= 0.3 is 5.97 Å². The largest absolute Gasteiger partial charge is 0.463 e. The zero-order valence-corrected chi connectivity index (χ0v) is 10.6. The molecule has 0 radical (unpaired) electrons. The van der Waals surface area contributed by atoms with Crippen molar-refractivity contribution >= 4 is 5.97 Å². The lowest BCUT2D eigenvalue weighted by molar-refractivity contribution is -0.155. The van der Waals surface area contributed by atoms with E-state index in [1.807, 2.05) is 0 Å². The third kappa shape index (κ3) is 3.96. The van der Waals surface area contributed by atoms with Crippen molar-refractivity contribution in [2.75, 3.05) is 19.8 Å². The number of ether oxygens (including phenoxy) is 2. The summed E-state index contributed by atoms with van der Waals surface area (Å²) < 4.78 is 10.9. The molecule has 0 aromatic heterocycles. The molecular weight excluding hydrogens is 218 g/mol. The highest BCUT2D eigenvalue weighted by molar-refractivity contribution is 5.72. The van der Waals surface area contributed by atoms with Gasteiger partial charge in [0.25, 0.3) is 0 Å². The number of nitrogens with one attached hydrogen (secondary N) is 1. The highest BCUT2D eigenvalue weighted by Crippen LogP contribution is 2.19. The van der Waals surface area contributed by atoms with Crippen LogP contribution >= 0.6 is 0 Å². The van der Waals surface area contributed by atoms with Gasteiger partial charge in [-0.3, -0.25) is 4.79 Å². The Morgan fingerprint density at radius 1 is 1.41 bits per heavy atom. The number of hydrogen-bond acceptors (Lipinski definition) is 4. The van der Waals surface area contributed by atoms with Crippen LogP contribution in [0.2, 0.25) is 0 Å². The van der Waals surface area contributed by atoms with E-state index in [9.17, 15) is 4.79 Å². The first kappa shape index (κ1) is 12.8. The normalized spacial score (nSPS) is 34.3. The second-order valence-electron chi connectivity index (χ2n) is 5.20. The predicted octanol–water partition coefficient (Wildman–Crippen LogP) is 1.49. The predicted molar refractivity (Wildman–Crippen MR) is 64.7 cm³/mol. The molecule has 17 heavy (non-hydrogen) atoms. The van der Waals surface area contributed by atoms with E-state index in [-0.39, 0.29) is 18.0 Å². The first-order valence-corrected chi connectivity index (χ1v) is 6.77. The molecule has 0 aromatic carbocycles. The number of carbonyl (C=O) groups is 1. The smallest absolute Gasteiger partial charge is 0.309 e. The molecule has 0 amide bonds. The van der Waals surface area contributed by atoms with Crippen molar-refractivity contribution in [3.05, 3.63) is 0 Å². The SMILES string of the molecule is CC1CC(C(=O)OCC2CCCCO2)CCN1. The highest BCUT2D eigenvalue weighted by atomic mass is 16.6. The van der Waals surface area contributed by atoms with Crippen molar-refractivity contribution in [1.82, 2.24) is 5.32 Å². The van der Waals surface area contributed by atoms with E-state index < -0.39 is 0 Å². The molecule has 0 spiro atoms. The van der Waals surface area contributed by atoms with E-state index in [1.165, 1.54) is 6.42 Å². The van der Waals surface area contributed by atoms with Gasteiger partial charge in [-0.15, -0.1) is 0 Å². The van der Waals surface area contributed by atoms with Crippen LogP contribution in [0.15, 0.2) is 0 Å². The van der Waals surface area contributed by atoms with Gasteiger partial charge in [-0.2, -0.15) is 0 Å². The van der Waals surface area contributed by atoms with E-state index >= 15 is 0 Å². The summed E-state index contributed by atoms with van der Waals surface area (Å²) in [4.78, 5) is 11.9. The maximum absolute atomic E-state index is 11.9. The number of piperidine rings is 1. The fourth-order valence-corrected chi connectivity index (χ4v) is 2.58. The highest BCUT2D eigenvalue weighted by Gasteiger charge is 2.26. The summed E-state index contributed by atoms with van der Waals surface area (Å²) in [5, 5.41) is 3.34. The molecule has 1 N–H and O–H groups in total. The molecule has 0 aliphatic carbocycles. The van der Waals surface area contributed by atoms with E-state index in [0.717, 1.165) is 38.8 Å². The fraction of sp³-hybridized carbons (Fsp3) is 0.923. The van der Waals surface area contributed by atoms with Gasteiger partial charge in [-0.25, -0.2) is 0 Å². The molecule has 3 atom stereocenters. The van der Waals surface area contributed by atoms with Crippen molar-refractivity contribution in [2.24, 2.45) is 5.92 Å². The Bertz CT molecular complexity index is 251. The molecule has 0 saturated carbocycles. The van der Waals surface area contributed by atoms with Crippen molar-refractivity contribution in [3.63, 3.8) is 0 Å². The minimum absolute atomic E-state index is 0.0347. The maximum atomic E-state index is 11.9. The fourth-order valence-electron chi connectivity index (χ4n) is 2.58. The second-order valence-corrected chi connectivity index (χ2v) is 5.20. The van der Waals surface area contributed by atoms with Crippen LogP contribution in [0.4, 0.5) is 0 Å². The quantitative estimate of drug-likeness (QED) is 0.760. The zero-order chi connectivity index (χ0) is 12.1. The van der Waals surface area contributed by atoms with Gasteiger partial charge in [-0.05, 0) is 45.6 Å². The summed E-state index contributed by atoms with van der Waals surface area (Å²) in [6, 6.07) is 0.423. The second kappa shape index (κ2) is 6.36. The van der Waals surface area contributed by atoms with Crippen LogP contribution in [-0.2, 0) is 14.3 Å². The lowest BCUT2D eigenvalue weighted by Crippen LogP contribution is -2.39. The number of esters is 1. The lowest BCUT2D eigenvalue weighted by atomic mass is 9.93. The van der Waals surface area contributed by atoms with Crippen LogP contribution in [0.3, 0.4) is 0 Å². The van der Waals surface area contributed by atoms with E-state index in [4.69, 9.17) is 9.47 Å². The maximum Gasteiger partial charge on any atom is 0.309 e. The van der Waals surface area contributed by atoms with Crippen LogP contribution in [0, 0.1) is 5.92 Å². The topological polar surface area (TPSA) is 47.6 Å². The van der Waals surface area contributed by atoms with Crippen LogP contribution in [0.25, 0.3) is 0 Å². The van der Waals surface area contributed by atoms with E-state index in [1.54, 1.807) is 0 Å². The van der Waals surface area contributed by atoms with Crippen LogP contribution in [0.1, 0.15) is 39.0 Å². The summed E-state index contributed by atoms with van der Waals surface area (Å²) >= 11 is 0.